The first-order chi connectivity index (χ1) is 22.1. The molecule has 6 aliphatic rings. The summed E-state index contributed by atoms with van der Waals surface area (Å²) in [5, 5.41) is 12.8. The first-order valence-electron chi connectivity index (χ1n) is 16.6. The summed E-state index contributed by atoms with van der Waals surface area (Å²) in [5.41, 5.74) is -3.03. The van der Waals surface area contributed by atoms with Crippen LogP contribution in [0.1, 0.15) is 49.9 Å². The van der Waals surface area contributed by atoms with E-state index in [0.717, 1.165) is 25.9 Å². The van der Waals surface area contributed by atoms with Crippen molar-refractivity contribution in [3.05, 3.63) is 29.8 Å². The number of hydrogen-bond acceptors (Lipinski definition) is 11. The Kier molecular flexibility index (Phi) is 7.81. The van der Waals surface area contributed by atoms with Gasteiger partial charge in [0, 0.05) is 83.0 Å². The maximum Gasteiger partial charge on any atom is 0.338 e. The topological polar surface area (TPSA) is 122 Å². The van der Waals surface area contributed by atoms with E-state index in [4.69, 9.17) is 33.2 Å². The molecule has 0 aromatic heterocycles. The fourth-order valence-electron chi connectivity index (χ4n) is 12.4. The molecule has 5 saturated carbocycles. The largest absolute Gasteiger partial charge is 0.497 e. The standard InChI is InChI=1S/C35H49NO10/c1-8-36-17-32(18-40-3)14-13-23(42-5)35-22-15-33(39)24(43-6)16-34(46-19(2)37,26(29(35)36)27(44-7)28(32)35)25(22)30(33)45-31(38)20-9-11-21(41-4)12-10-20/h9-12,22-30,39H,8,13-18H2,1-7H3/t22-,23+,24+,25-,26?,27+,28-,29?,30-,32+,33+,34-,35-/m1/s1. The third-order valence-electron chi connectivity index (χ3n) is 13.3. The van der Waals surface area contributed by atoms with Crippen LogP contribution in [0.4, 0.5) is 0 Å². The van der Waals surface area contributed by atoms with Gasteiger partial charge in [0.2, 0.25) is 0 Å². The molecular formula is C35H49NO10. The molecule has 1 spiro atoms. The lowest BCUT2D eigenvalue weighted by molar-refractivity contribution is -0.287. The summed E-state index contributed by atoms with van der Waals surface area (Å²) in [4.78, 5) is 29.7. The zero-order chi connectivity index (χ0) is 32.8. The first kappa shape index (κ1) is 32.3. The summed E-state index contributed by atoms with van der Waals surface area (Å²) in [7, 11) is 8.44. The number of benzene rings is 1. The lowest BCUT2D eigenvalue weighted by Crippen LogP contribution is -2.77. The highest BCUT2D eigenvalue weighted by Gasteiger charge is 2.89. The summed E-state index contributed by atoms with van der Waals surface area (Å²) in [6.07, 6.45) is 0.142. The van der Waals surface area contributed by atoms with Gasteiger partial charge in [-0.05, 0) is 56.0 Å². The number of esters is 2. The number of rotatable bonds is 10. The lowest BCUT2D eigenvalue weighted by Gasteiger charge is -2.69. The molecule has 11 nitrogen and oxygen atoms in total. The highest BCUT2D eigenvalue weighted by molar-refractivity contribution is 5.89. The molecule has 46 heavy (non-hydrogen) atoms. The van der Waals surface area contributed by atoms with Gasteiger partial charge >= 0.3 is 11.9 Å². The second kappa shape index (κ2) is 11.1. The van der Waals surface area contributed by atoms with Gasteiger partial charge in [0.15, 0.2) is 0 Å². The van der Waals surface area contributed by atoms with Gasteiger partial charge in [-0.1, -0.05) is 6.92 Å². The SMILES string of the molecule is CCN1C[C@]2(COC)CC[C@H](OC)[C@@]34C1C([C@H](OC)[C@H]23)[C@@]1(OC(C)=O)C[C@H](OC)[C@@]2(O)C[C@@H]4[C@@H]1[C@H]2OC(=O)c1ccc(OC)cc1. The second-order valence-corrected chi connectivity index (χ2v) is 14.6. The van der Waals surface area contributed by atoms with Gasteiger partial charge in [-0.3, -0.25) is 9.69 Å². The molecule has 1 aliphatic heterocycles. The smallest absolute Gasteiger partial charge is 0.338 e. The summed E-state index contributed by atoms with van der Waals surface area (Å²) in [6, 6.07) is 6.66. The molecule has 0 amide bonds. The van der Waals surface area contributed by atoms with Crippen molar-refractivity contribution in [1.29, 1.82) is 0 Å². The van der Waals surface area contributed by atoms with Gasteiger partial charge in [-0.2, -0.15) is 0 Å². The van der Waals surface area contributed by atoms with Crippen LogP contribution in [0.3, 0.4) is 0 Å². The van der Waals surface area contributed by atoms with Crippen LogP contribution in [0.25, 0.3) is 0 Å². The number of aliphatic hydroxyl groups is 1. The summed E-state index contributed by atoms with van der Waals surface area (Å²) >= 11 is 0. The molecule has 5 aliphatic carbocycles. The van der Waals surface area contributed by atoms with Gasteiger partial charge in [0.25, 0.3) is 0 Å². The minimum absolute atomic E-state index is 0.00534. The van der Waals surface area contributed by atoms with Crippen molar-refractivity contribution in [2.75, 3.05) is 55.2 Å². The molecule has 1 saturated heterocycles. The van der Waals surface area contributed by atoms with Crippen molar-refractivity contribution in [3.63, 3.8) is 0 Å². The Morgan fingerprint density at radius 1 is 0.978 bits per heavy atom. The highest BCUT2D eigenvalue weighted by Crippen LogP contribution is 2.80. The minimum Gasteiger partial charge on any atom is -0.497 e. The fourth-order valence-corrected chi connectivity index (χ4v) is 12.4. The zero-order valence-electron chi connectivity index (χ0n) is 28.0. The lowest BCUT2D eigenvalue weighted by atomic mass is 9.43. The molecule has 1 aromatic carbocycles. The van der Waals surface area contributed by atoms with E-state index in [2.05, 4.69) is 11.8 Å². The van der Waals surface area contributed by atoms with E-state index in [1.807, 2.05) is 0 Å². The minimum atomic E-state index is -1.51. The van der Waals surface area contributed by atoms with Crippen LogP contribution < -0.4 is 4.74 Å². The summed E-state index contributed by atoms with van der Waals surface area (Å²) < 4.78 is 43.6. The van der Waals surface area contributed by atoms with Crippen LogP contribution in [0.2, 0.25) is 0 Å². The Bertz CT molecular complexity index is 1360. The van der Waals surface area contributed by atoms with E-state index < -0.39 is 46.7 Å². The number of carbonyl (C=O) groups excluding carboxylic acids is 2. The van der Waals surface area contributed by atoms with Crippen molar-refractivity contribution in [1.82, 2.24) is 4.90 Å². The zero-order valence-corrected chi connectivity index (χ0v) is 28.0. The van der Waals surface area contributed by atoms with Crippen LogP contribution >= 0.6 is 0 Å². The average molecular weight is 644 g/mol. The van der Waals surface area contributed by atoms with Gasteiger partial charge < -0.3 is 38.3 Å². The Balaban J connectivity index is 1.46. The van der Waals surface area contributed by atoms with Crippen molar-refractivity contribution < 1.29 is 47.9 Å². The van der Waals surface area contributed by atoms with E-state index in [-0.39, 0.29) is 47.8 Å². The molecule has 1 aromatic rings. The molecule has 1 heterocycles. The van der Waals surface area contributed by atoms with E-state index in [0.29, 0.717) is 24.3 Å². The molecule has 11 heteroatoms. The molecule has 7 rings (SSSR count). The quantitative estimate of drug-likeness (QED) is 0.379. The number of methoxy groups -OCH3 is 5. The Morgan fingerprint density at radius 3 is 2.28 bits per heavy atom. The summed E-state index contributed by atoms with van der Waals surface area (Å²) in [5.74, 6) is -1.38. The number of piperidine rings is 1. The van der Waals surface area contributed by atoms with Gasteiger partial charge in [0.05, 0.1) is 37.6 Å². The molecule has 6 fully saturated rings. The van der Waals surface area contributed by atoms with Crippen molar-refractivity contribution in [3.8, 4) is 5.75 Å². The maximum atomic E-state index is 13.9. The Labute approximate surface area is 271 Å². The van der Waals surface area contributed by atoms with Crippen LogP contribution in [0.5, 0.6) is 5.75 Å². The molecule has 1 N–H and O–H groups in total. The molecular weight excluding hydrogens is 594 g/mol. The molecule has 0 radical (unpaired) electrons. The molecule has 7 bridgehead atoms. The van der Waals surface area contributed by atoms with E-state index in [1.54, 1.807) is 59.8 Å². The Morgan fingerprint density at radius 2 is 1.70 bits per heavy atom. The summed E-state index contributed by atoms with van der Waals surface area (Å²) in [6.45, 7) is 5.80. The van der Waals surface area contributed by atoms with Crippen LogP contribution in [-0.2, 0) is 33.2 Å². The van der Waals surface area contributed by atoms with E-state index >= 15 is 0 Å². The predicted molar refractivity (Wildman–Crippen MR) is 164 cm³/mol. The van der Waals surface area contributed by atoms with E-state index in [9.17, 15) is 14.7 Å². The van der Waals surface area contributed by atoms with Crippen LogP contribution in [-0.4, -0.2) is 119 Å². The number of hydrogen-bond donors (Lipinski definition) is 1. The monoisotopic (exact) mass is 643 g/mol. The molecule has 2 unspecified atom stereocenters. The number of fused-ring (bicyclic) bond motifs is 2. The highest BCUT2D eigenvalue weighted by atomic mass is 16.6. The van der Waals surface area contributed by atoms with Crippen LogP contribution in [0, 0.1) is 34.5 Å². The second-order valence-electron chi connectivity index (χ2n) is 14.6. The van der Waals surface area contributed by atoms with Gasteiger partial charge in [-0.15, -0.1) is 0 Å². The number of likely N-dealkylation sites (tertiary alicyclic amines) is 1. The number of nitrogens with zero attached hydrogens (tertiary/aromatic N) is 1. The third-order valence-corrected chi connectivity index (χ3v) is 13.3. The number of carbonyl (C=O) groups is 2. The van der Waals surface area contributed by atoms with Crippen LogP contribution in [0.15, 0.2) is 24.3 Å². The molecule has 254 valence electrons. The third kappa shape index (κ3) is 3.87. The predicted octanol–water partition coefficient (Wildman–Crippen LogP) is 2.72. The van der Waals surface area contributed by atoms with Crippen molar-refractivity contribution in [2.45, 2.75) is 81.2 Å². The van der Waals surface area contributed by atoms with Gasteiger partial charge in [0.1, 0.15) is 23.1 Å². The van der Waals surface area contributed by atoms with Gasteiger partial charge in [-0.25, -0.2) is 4.79 Å². The first-order valence-corrected chi connectivity index (χ1v) is 16.6. The molecule has 13 atom stereocenters. The average Bonchev–Trinajstić information content (AvgIpc) is 3.42. The fraction of sp³-hybridized carbons (Fsp3) is 0.771. The number of ether oxygens (including phenoxy) is 7. The Hall–Kier alpha value is -2.28. The van der Waals surface area contributed by atoms with E-state index in [1.165, 1.54) is 6.92 Å². The maximum absolute atomic E-state index is 13.9. The normalized spacial score (nSPS) is 46.6. The van der Waals surface area contributed by atoms with Crippen molar-refractivity contribution >= 4 is 11.9 Å². The van der Waals surface area contributed by atoms with Crippen molar-refractivity contribution in [2.24, 2.45) is 34.5 Å².